The van der Waals surface area contributed by atoms with Crippen LogP contribution < -0.4 is 10.1 Å². The summed E-state index contributed by atoms with van der Waals surface area (Å²) in [6.45, 7) is 0. The lowest BCUT2D eigenvalue weighted by Gasteiger charge is -2.12. The van der Waals surface area contributed by atoms with E-state index in [0.717, 1.165) is 23.1 Å². The van der Waals surface area contributed by atoms with Crippen LogP contribution in [0.5, 0.6) is 5.75 Å². The lowest BCUT2D eigenvalue weighted by molar-refractivity contribution is -0.119. The van der Waals surface area contributed by atoms with E-state index in [0.29, 0.717) is 6.42 Å². The molecule has 0 spiro atoms. The summed E-state index contributed by atoms with van der Waals surface area (Å²) in [6.07, 6.45) is 2.41. The summed E-state index contributed by atoms with van der Waals surface area (Å²) in [5.41, 5.74) is 1.17. The molecular weight excluding hydrogens is 270 g/mol. The molecule has 0 radical (unpaired) electrons. The number of methoxy groups -OCH3 is 1. The van der Waals surface area contributed by atoms with Crippen LogP contribution in [0.25, 0.3) is 0 Å². The molecular formula is C12H14BrNO2. The SMILES string of the molecule is COc1ccc(Br)c(CC2CCC(=O)N2)c1. The van der Waals surface area contributed by atoms with E-state index in [2.05, 4.69) is 21.2 Å². The summed E-state index contributed by atoms with van der Waals surface area (Å²) >= 11 is 3.51. The second kappa shape index (κ2) is 4.87. The minimum atomic E-state index is 0.156. The first kappa shape index (κ1) is 11.5. The van der Waals surface area contributed by atoms with Crippen LogP contribution in [0.1, 0.15) is 18.4 Å². The Labute approximate surface area is 103 Å². The topological polar surface area (TPSA) is 38.3 Å². The minimum Gasteiger partial charge on any atom is -0.497 e. The first-order valence-corrected chi connectivity index (χ1v) is 6.10. The van der Waals surface area contributed by atoms with Crippen LogP contribution in [0.3, 0.4) is 0 Å². The average molecular weight is 284 g/mol. The van der Waals surface area contributed by atoms with Crippen molar-refractivity contribution >= 4 is 21.8 Å². The molecule has 1 aromatic rings. The van der Waals surface area contributed by atoms with Gasteiger partial charge in [-0.1, -0.05) is 15.9 Å². The van der Waals surface area contributed by atoms with Crippen molar-refractivity contribution in [1.82, 2.24) is 5.32 Å². The van der Waals surface area contributed by atoms with Crippen LogP contribution in [-0.4, -0.2) is 19.1 Å². The second-order valence-corrected chi connectivity index (χ2v) is 4.82. The van der Waals surface area contributed by atoms with E-state index in [-0.39, 0.29) is 11.9 Å². The highest BCUT2D eigenvalue weighted by Crippen LogP contribution is 2.25. The van der Waals surface area contributed by atoms with E-state index in [1.807, 2.05) is 18.2 Å². The Hall–Kier alpha value is -1.03. The summed E-state index contributed by atoms with van der Waals surface area (Å²) in [5.74, 6) is 1.01. The van der Waals surface area contributed by atoms with Crippen molar-refractivity contribution in [3.63, 3.8) is 0 Å². The van der Waals surface area contributed by atoms with Gasteiger partial charge >= 0.3 is 0 Å². The number of benzene rings is 1. The predicted octanol–water partition coefficient (Wildman–Crippen LogP) is 2.28. The first-order valence-electron chi connectivity index (χ1n) is 5.31. The monoisotopic (exact) mass is 283 g/mol. The molecule has 0 bridgehead atoms. The lowest BCUT2D eigenvalue weighted by Crippen LogP contribution is -2.27. The molecule has 1 aromatic carbocycles. The molecule has 3 nitrogen and oxygen atoms in total. The van der Waals surface area contributed by atoms with E-state index < -0.39 is 0 Å². The molecule has 2 rings (SSSR count). The van der Waals surface area contributed by atoms with Crippen LogP contribution in [0, 0.1) is 0 Å². The lowest BCUT2D eigenvalue weighted by atomic mass is 10.0. The van der Waals surface area contributed by atoms with Gasteiger partial charge in [-0.2, -0.15) is 0 Å². The normalized spacial score (nSPS) is 19.6. The van der Waals surface area contributed by atoms with Crippen molar-refractivity contribution in [3.8, 4) is 5.75 Å². The van der Waals surface area contributed by atoms with Gasteiger partial charge in [-0.3, -0.25) is 4.79 Å². The van der Waals surface area contributed by atoms with Gasteiger partial charge in [0.15, 0.2) is 0 Å². The largest absolute Gasteiger partial charge is 0.497 e. The van der Waals surface area contributed by atoms with Gasteiger partial charge in [-0.15, -0.1) is 0 Å². The number of ether oxygens (including phenoxy) is 1. The Kier molecular flexibility index (Phi) is 3.49. The summed E-state index contributed by atoms with van der Waals surface area (Å²) in [6, 6.07) is 6.16. The maximum atomic E-state index is 11.1. The van der Waals surface area contributed by atoms with Gasteiger partial charge in [0.2, 0.25) is 5.91 Å². The third kappa shape index (κ3) is 2.55. The average Bonchev–Trinajstić information content (AvgIpc) is 2.67. The molecule has 1 fully saturated rings. The zero-order valence-electron chi connectivity index (χ0n) is 9.13. The van der Waals surface area contributed by atoms with Crippen molar-refractivity contribution in [2.45, 2.75) is 25.3 Å². The zero-order valence-corrected chi connectivity index (χ0v) is 10.7. The van der Waals surface area contributed by atoms with Gasteiger partial charge in [-0.05, 0) is 36.6 Å². The van der Waals surface area contributed by atoms with Crippen molar-refractivity contribution in [2.24, 2.45) is 0 Å². The van der Waals surface area contributed by atoms with Gasteiger partial charge in [0.1, 0.15) is 5.75 Å². The number of halogens is 1. The van der Waals surface area contributed by atoms with Crippen molar-refractivity contribution in [2.75, 3.05) is 7.11 Å². The number of rotatable bonds is 3. The smallest absolute Gasteiger partial charge is 0.220 e. The summed E-state index contributed by atoms with van der Waals surface area (Å²) in [5, 5.41) is 2.97. The maximum absolute atomic E-state index is 11.1. The molecule has 1 atom stereocenters. The number of amides is 1. The van der Waals surface area contributed by atoms with E-state index in [4.69, 9.17) is 4.74 Å². The fraction of sp³-hybridized carbons (Fsp3) is 0.417. The molecule has 86 valence electrons. The highest BCUT2D eigenvalue weighted by atomic mass is 79.9. The van der Waals surface area contributed by atoms with Gasteiger partial charge in [0.05, 0.1) is 7.11 Å². The quantitative estimate of drug-likeness (QED) is 0.924. The molecule has 0 saturated carbocycles. The van der Waals surface area contributed by atoms with Crippen molar-refractivity contribution in [3.05, 3.63) is 28.2 Å². The van der Waals surface area contributed by atoms with Crippen LogP contribution in [0.4, 0.5) is 0 Å². The molecule has 1 N–H and O–H groups in total. The van der Waals surface area contributed by atoms with Crippen LogP contribution in [-0.2, 0) is 11.2 Å². The van der Waals surface area contributed by atoms with E-state index >= 15 is 0 Å². The maximum Gasteiger partial charge on any atom is 0.220 e. The molecule has 0 aromatic heterocycles. The fourth-order valence-electron chi connectivity index (χ4n) is 1.93. The Bertz CT molecular complexity index is 406. The van der Waals surface area contributed by atoms with Crippen LogP contribution in [0.2, 0.25) is 0 Å². The van der Waals surface area contributed by atoms with E-state index in [1.165, 1.54) is 5.56 Å². The highest BCUT2D eigenvalue weighted by molar-refractivity contribution is 9.10. The number of hydrogen-bond acceptors (Lipinski definition) is 2. The minimum absolute atomic E-state index is 0.156. The molecule has 1 amide bonds. The summed E-state index contributed by atoms with van der Waals surface area (Å²) in [4.78, 5) is 11.1. The Balaban J connectivity index is 2.11. The van der Waals surface area contributed by atoms with Crippen molar-refractivity contribution < 1.29 is 9.53 Å². The molecule has 0 aliphatic carbocycles. The Morgan fingerprint density at radius 3 is 3.00 bits per heavy atom. The summed E-state index contributed by atoms with van der Waals surface area (Å²) < 4.78 is 6.25. The van der Waals surface area contributed by atoms with Gasteiger partial charge in [0.25, 0.3) is 0 Å². The number of nitrogens with one attached hydrogen (secondary N) is 1. The van der Waals surface area contributed by atoms with Crippen molar-refractivity contribution in [1.29, 1.82) is 0 Å². The number of hydrogen-bond donors (Lipinski definition) is 1. The molecule has 1 aliphatic heterocycles. The first-order chi connectivity index (χ1) is 7.69. The number of carbonyl (C=O) groups excluding carboxylic acids is 1. The van der Waals surface area contributed by atoms with E-state index in [9.17, 15) is 4.79 Å². The highest BCUT2D eigenvalue weighted by Gasteiger charge is 2.21. The standard InChI is InChI=1S/C12H14BrNO2/c1-16-10-3-4-11(13)8(7-10)6-9-2-5-12(15)14-9/h3-4,7,9H,2,5-6H2,1H3,(H,14,15). The van der Waals surface area contributed by atoms with Gasteiger partial charge < -0.3 is 10.1 Å². The fourth-order valence-corrected chi connectivity index (χ4v) is 2.34. The van der Waals surface area contributed by atoms with Crippen LogP contribution >= 0.6 is 15.9 Å². The molecule has 4 heteroatoms. The van der Waals surface area contributed by atoms with Gasteiger partial charge in [-0.25, -0.2) is 0 Å². The Morgan fingerprint density at radius 1 is 1.56 bits per heavy atom. The van der Waals surface area contributed by atoms with Gasteiger partial charge in [0, 0.05) is 16.9 Å². The van der Waals surface area contributed by atoms with Crippen LogP contribution in [0.15, 0.2) is 22.7 Å². The second-order valence-electron chi connectivity index (χ2n) is 3.96. The molecule has 1 aliphatic rings. The van der Waals surface area contributed by atoms with E-state index in [1.54, 1.807) is 7.11 Å². The number of carbonyl (C=O) groups is 1. The zero-order chi connectivity index (χ0) is 11.5. The predicted molar refractivity (Wildman–Crippen MR) is 65.6 cm³/mol. The Morgan fingerprint density at radius 2 is 2.38 bits per heavy atom. The third-order valence-electron chi connectivity index (χ3n) is 2.80. The molecule has 16 heavy (non-hydrogen) atoms. The summed E-state index contributed by atoms with van der Waals surface area (Å²) in [7, 11) is 1.66. The molecule has 1 saturated heterocycles. The molecule has 1 heterocycles. The third-order valence-corrected chi connectivity index (χ3v) is 3.58. The molecule has 1 unspecified atom stereocenters.